The minimum Gasteiger partial charge on any atom is -0.399 e. The molecule has 0 amide bonds. The second kappa shape index (κ2) is 7.15. The first-order valence-electron chi connectivity index (χ1n) is 8.34. The Morgan fingerprint density at radius 1 is 1.28 bits per heavy atom. The molecule has 0 atom stereocenters. The molecular weight excluding hydrogens is 340 g/mol. The van der Waals surface area contributed by atoms with Crippen LogP contribution >= 0.6 is 0 Å². The average molecular weight is 364 g/mol. The highest BCUT2D eigenvalue weighted by Crippen LogP contribution is 2.24. The lowest BCUT2D eigenvalue weighted by Crippen LogP contribution is -2.45. The van der Waals surface area contributed by atoms with Crippen molar-refractivity contribution in [2.75, 3.05) is 25.9 Å². The molecule has 0 bridgehead atoms. The minimum absolute atomic E-state index is 0.00199. The van der Waals surface area contributed by atoms with Crippen molar-refractivity contribution in [3.8, 4) is 0 Å². The number of nitrogens with zero attached hydrogens (tertiary/aromatic N) is 3. The number of hydrogen-bond acceptors (Lipinski definition) is 6. The molecule has 1 fully saturated rings. The van der Waals surface area contributed by atoms with Crippen LogP contribution in [0.2, 0.25) is 0 Å². The summed E-state index contributed by atoms with van der Waals surface area (Å²) in [6.45, 7) is 4.27. The molecule has 0 spiro atoms. The van der Waals surface area contributed by atoms with Crippen LogP contribution in [-0.4, -0.2) is 49.0 Å². The zero-order valence-electron chi connectivity index (χ0n) is 14.6. The SMILES string of the molecule is Cc1cc(CN2CCC(N(C)S(=O)(=O)c3ccc(N)cc3)CC2)no1. The molecule has 1 aliphatic rings. The molecule has 136 valence electrons. The van der Waals surface area contributed by atoms with Crippen molar-refractivity contribution in [3.05, 3.63) is 41.8 Å². The Morgan fingerprint density at radius 3 is 2.48 bits per heavy atom. The molecule has 1 saturated heterocycles. The monoisotopic (exact) mass is 364 g/mol. The van der Waals surface area contributed by atoms with E-state index in [1.165, 1.54) is 4.31 Å². The summed E-state index contributed by atoms with van der Waals surface area (Å²) >= 11 is 0. The Kier molecular flexibility index (Phi) is 5.12. The number of likely N-dealkylation sites (tertiary alicyclic amines) is 1. The fourth-order valence-corrected chi connectivity index (χ4v) is 4.58. The molecule has 2 aromatic rings. The minimum atomic E-state index is -3.50. The van der Waals surface area contributed by atoms with E-state index in [1.54, 1.807) is 31.3 Å². The van der Waals surface area contributed by atoms with Gasteiger partial charge in [-0.3, -0.25) is 4.90 Å². The van der Waals surface area contributed by atoms with Crippen LogP contribution in [0, 0.1) is 6.92 Å². The number of benzene rings is 1. The first-order chi connectivity index (χ1) is 11.9. The fourth-order valence-electron chi connectivity index (χ4n) is 3.16. The number of anilines is 1. The Bertz CT molecular complexity index is 809. The summed E-state index contributed by atoms with van der Waals surface area (Å²) in [7, 11) is -1.84. The highest BCUT2D eigenvalue weighted by Gasteiger charge is 2.31. The largest absolute Gasteiger partial charge is 0.399 e. The van der Waals surface area contributed by atoms with Crippen LogP contribution in [0.15, 0.2) is 39.8 Å². The number of nitrogens with two attached hydrogens (primary N) is 1. The molecule has 7 nitrogen and oxygen atoms in total. The number of piperidine rings is 1. The van der Waals surface area contributed by atoms with Gasteiger partial charge in [0.2, 0.25) is 10.0 Å². The van der Waals surface area contributed by atoms with Gasteiger partial charge in [0.1, 0.15) is 5.76 Å². The van der Waals surface area contributed by atoms with Crippen molar-refractivity contribution in [1.82, 2.24) is 14.4 Å². The quantitative estimate of drug-likeness (QED) is 0.814. The molecule has 1 aromatic heterocycles. The number of rotatable bonds is 5. The molecule has 2 N–H and O–H groups in total. The maximum Gasteiger partial charge on any atom is 0.243 e. The third-order valence-corrected chi connectivity index (χ3v) is 6.62. The van der Waals surface area contributed by atoms with E-state index in [2.05, 4.69) is 10.1 Å². The van der Waals surface area contributed by atoms with E-state index in [4.69, 9.17) is 10.3 Å². The van der Waals surface area contributed by atoms with Crippen molar-refractivity contribution in [2.24, 2.45) is 0 Å². The molecular formula is C17H24N4O3S. The Balaban J connectivity index is 1.60. The molecule has 0 unspecified atom stereocenters. The normalized spacial score (nSPS) is 17.2. The lowest BCUT2D eigenvalue weighted by atomic mass is 10.1. The first-order valence-corrected chi connectivity index (χ1v) is 9.78. The number of sulfonamides is 1. The summed E-state index contributed by atoms with van der Waals surface area (Å²) in [5.41, 5.74) is 7.11. The predicted octanol–water partition coefficient (Wildman–Crippen LogP) is 1.85. The van der Waals surface area contributed by atoms with Gasteiger partial charge in [-0.25, -0.2) is 8.42 Å². The third kappa shape index (κ3) is 4.02. The van der Waals surface area contributed by atoms with Gasteiger partial charge < -0.3 is 10.3 Å². The molecule has 0 aliphatic carbocycles. The van der Waals surface area contributed by atoms with E-state index in [1.807, 2.05) is 13.0 Å². The molecule has 0 radical (unpaired) electrons. The maximum absolute atomic E-state index is 12.8. The summed E-state index contributed by atoms with van der Waals surface area (Å²) in [6, 6.07) is 8.28. The van der Waals surface area contributed by atoms with Gasteiger partial charge in [-0.2, -0.15) is 4.31 Å². The van der Waals surface area contributed by atoms with Crippen LogP contribution in [0.5, 0.6) is 0 Å². The van der Waals surface area contributed by atoms with Gasteiger partial charge in [0, 0.05) is 44.5 Å². The van der Waals surface area contributed by atoms with E-state index in [0.717, 1.165) is 43.9 Å². The van der Waals surface area contributed by atoms with Gasteiger partial charge in [-0.05, 0) is 44.0 Å². The zero-order valence-corrected chi connectivity index (χ0v) is 15.4. The number of aryl methyl sites for hydroxylation is 1. The second-order valence-corrected chi connectivity index (χ2v) is 8.52. The predicted molar refractivity (Wildman–Crippen MR) is 95.3 cm³/mol. The Labute approximate surface area is 148 Å². The van der Waals surface area contributed by atoms with Gasteiger partial charge >= 0.3 is 0 Å². The summed E-state index contributed by atoms with van der Waals surface area (Å²) in [5.74, 6) is 0.805. The number of nitrogen functional groups attached to an aromatic ring is 1. The van der Waals surface area contributed by atoms with Crippen LogP contribution in [0.25, 0.3) is 0 Å². The van der Waals surface area contributed by atoms with Crippen LogP contribution in [0.1, 0.15) is 24.3 Å². The van der Waals surface area contributed by atoms with Crippen molar-refractivity contribution in [2.45, 2.75) is 37.2 Å². The summed E-state index contributed by atoms with van der Waals surface area (Å²) in [5, 5.41) is 4.02. The van der Waals surface area contributed by atoms with Crippen LogP contribution in [0.4, 0.5) is 5.69 Å². The van der Waals surface area contributed by atoms with E-state index < -0.39 is 10.0 Å². The van der Waals surface area contributed by atoms with Crippen LogP contribution in [0.3, 0.4) is 0 Å². The lowest BCUT2D eigenvalue weighted by Gasteiger charge is -2.35. The Hall–Kier alpha value is -1.90. The summed E-state index contributed by atoms with van der Waals surface area (Å²) in [4.78, 5) is 2.56. The van der Waals surface area contributed by atoms with Crippen LogP contribution in [-0.2, 0) is 16.6 Å². The average Bonchev–Trinajstić information content (AvgIpc) is 3.00. The molecule has 3 rings (SSSR count). The second-order valence-electron chi connectivity index (χ2n) is 6.53. The van der Waals surface area contributed by atoms with Crippen molar-refractivity contribution < 1.29 is 12.9 Å². The highest BCUT2D eigenvalue weighted by molar-refractivity contribution is 7.89. The van der Waals surface area contributed by atoms with E-state index in [0.29, 0.717) is 5.69 Å². The summed E-state index contributed by atoms with van der Waals surface area (Å²) < 4.78 is 32.1. The van der Waals surface area contributed by atoms with E-state index in [-0.39, 0.29) is 10.9 Å². The van der Waals surface area contributed by atoms with Crippen LogP contribution < -0.4 is 5.73 Å². The first kappa shape index (κ1) is 17.9. The summed E-state index contributed by atoms with van der Waals surface area (Å²) in [6.07, 6.45) is 1.59. The van der Waals surface area contributed by atoms with E-state index >= 15 is 0 Å². The fraction of sp³-hybridized carbons (Fsp3) is 0.471. The molecule has 8 heteroatoms. The van der Waals surface area contributed by atoms with Crippen molar-refractivity contribution in [1.29, 1.82) is 0 Å². The number of aromatic nitrogens is 1. The van der Waals surface area contributed by atoms with Gasteiger partial charge in [-0.1, -0.05) is 5.16 Å². The molecule has 0 saturated carbocycles. The van der Waals surface area contributed by atoms with Crippen molar-refractivity contribution in [3.63, 3.8) is 0 Å². The lowest BCUT2D eigenvalue weighted by molar-refractivity contribution is 0.161. The molecule has 25 heavy (non-hydrogen) atoms. The van der Waals surface area contributed by atoms with Gasteiger partial charge in [0.05, 0.1) is 10.6 Å². The number of hydrogen-bond donors (Lipinski definition) is 1. The Morgan fingerprint density at radius 2 is 1.92 bits per heavy atom. The van der Waals surface area contributed by atoms with Crippen molar-refractivity contribution >= 4 is 15.7 Å². The third-order valence-electron chi connectivity index (χ3n) is 4.69. The molecule has 2 heterocycles. The maximum atomic E-state index is 12.8. The molecule has 1 aliphatic heterocycles. The zero-order chi connectivity index (χ0) is 18.0. The standard InChI is InChI=1S/C17H24N4O3S/c1-13-11-15(19-24-13)12-21-9-7-16(8-10-21)20(2)25(22,23)17-5-3-14(18)4-6-17/h3-6,11,16H,7-10,12,18H2,1-2H3. The van der Waals surface area contributed by atoms with Gasteiger partial charge in [0.15, 0.2) is 0 Å². The van der Waals surface area contributed by atoms with Gasteiger partial charge in [0.25, 0.3) is 0 Å². The highest BCUT2D eigenvalue weighted by atomic mass is 32.2. The molecule has 1 aromatic carbocycles. The van der Waals surface area contributed by atoms with Gasteiger partial charge in [-0.15, -0.1) is 0 Å². The smallest absolute Gasteiger partial charge is 0.243 e. The van der Waals surface area contributed by atoms with E-state index in [9.17, 15) is 8.42 Å². The topological polar surface area (TPSA) is 92.7 Å².